The summed E-state index contributed by atoms with van der Waals surface area (Å²) in [5, 5.41) is 2.97. The third kappa shape index (κ3) is 5.11. The van der Waals surface area contributed by atoms with Crippen LogP contribution in [0.4, 0.5) is 10.6 Å². The van der Waals surface area contributed by atoms with Crippen molar-refractivity contribution < 1.29 is 14.3 Å². The molecule has 0 saturated carbocycles. The van der Waals surface area contributed by atoms with Crippen molar-refractivity contribution in [3.63, 3.8) is 0 Å². The molecule has 3 heterocycles. The van der Waals surface area contributed by atoms with E-state index in [1.54, 1.807) is 11.1 Å². The molecule has 2 fully saturated rings. The highest BCUT2D eigenvalue weighted by Gasteiger charge is 2.36. The van der Waals surface area contributed by atoms with E-state index in [1.165, 1.54) is 12.8 Å². The fourth-order valence-electron chi connectivity index (χ4n) is 3.58. The first-order valence-electron chi connectivity index (χ1n) is 9.81. The van der Waals surface area contributed by atoms with Crippen LogP contribution in [0.2, 0.25) is 0 Å². The van der Waals surface area contributed by atoms with Crippen LogP contribution >= 0.6 is 0 Å². The van der Waals surface area contributed by atoms with Gasteiger partial charge in [-0.2, -0.15) is 0 Å². The van der Waals surface area contributed by atoms with E-state index in [-0.39, 0.29) is 5.91 Å². The Bertz CT molecular complexity index is 680. The molecule has 2 aliphatic rings. The lowest BCUT2D eigenvalue weighted by molar-refractivity contribution is -0.125. The summed E-state index contributed by atoms with van der Waals surface area (Å²) in [7, 11) is 0. The summed E-state index contributed by atoms with van der Waals surface area (Å²) in [6, 6.07) is 3.49. The number of nitrogens with zero attached hydrogens (tertiary/aromatic N) is 3. The molecule has 7 nitrogen and oxygen atoms in total. The van der Waals surface area contributed by atoms with Gasteiger partial charge in [0.05, 0.1) is 0 Å². The highest BCUT2D eigenvalue weighted by molar-refractivity contribution is 5.86. The Labute approximate surface area is 161 Å². The topological polar surface area (TPSA) is 74.8 Å². The first-order valence-corrected chi connectivity index (χ1v) is 9.81. The molecule has 1 unspecified atom stereocenters. The zero-order valence-corrected chi connectivity index (χ0v) is 16.5. The van der Waals surface area contributed by atoms with Crippen molar-refractivity contribution in [2.45, 2.75) is 64.6 Å². The summed E-state index contributed by atoms with van der Waals surface area (Å²) in [5.74, 6) is 0.841. The highest BCUT2D eigenvalue weighted by Crippen LogP contribution is 2.22. The van der Waals surface area contributed by atoms with Crippen molar-refractivity contribution in [1.82, 2.24) is 15.2 Å². The molecule has 0 radical (unpaired) electrons. The molecule has 0 aliphatic carbocycles. The Balaban J connectivity index is 1.57. The van der Waals surface area contributed by atoms with Crippen LogP contribution in [-0.4, -0.2) is 53.2 Å². The summed E-state index contributed by atoms with van der Waals surface area (Å²) >= 11 is 0. The number of aromatic nitrogens is 1. The first kappa shape index (κ1) is 19.5. The van der Waals surface area contributed by atoms with Gasteiger partial charge in [0.15, 0.2) is 0 Å². The number of pyridine rings is 1. The van der Waals surface area contributed by atoms with Crippen molar-refractivity contribution in [2.24, 2.45) is 0 Å². The van der Waals surface area contributed by atoms with Gasteiger partial charge in [0.2, 0.25) is 5.91 Å². The molecule has 2 saturated heterocycles. The van der Waals surface area contributed by atoms with Crippen molar-refractivity contribution in [3.05, 3.63) is 23.9 Å². The van der Waals surface area contributed by atoms with E-state index in [9.17, 15) is 9.59 Å². The van der Waals surface area contributed by atoms with E-state index in [0.717, 1.165) is 30.9 Å². The van der Waals surface area contributed by atoms with Gasteiger partial charge in [-0.3, -0.25) is 9.69 Å². The van der Waals surface area contributed by atoms with Gasteiger partial charge < -0.3 is 15.0 Å². The van der Waals surface area contributed by atoms with Gasteiger partial charge in [-0.1, -0.05) is 0 Å². The number of carbonyl (C=O) groups excluding carboxylic acids is 2. The second-order valence-corrected chi connectivity index (χ2v) is 8.27. The maximum Gasteiger partial charge on any atom is 0.410 e. The van der Waals surface area contributed by atoms with Gasteiger partial charge in [-0.15, -0.1) is 0 Å². The fourth-order valence-corrected chi connectivity index (χ4v) is 3.58. The molecular weight excluding hydrogens is 344 g/mol. The molecule has 2 amide bonds. The number of ether oxygens (including phenoxy) is 1. The number of rotatable bonds is 4. The van der Waals surface area contributed by atoms with Gasteiger partial charge in [0.1, 0.15) is 17.5 Å². The molecule has 0 spiro atoms. The number of hydrogen-bond donors (Lipinski definition) is 1. The van der Waals surface area contributed by atoms with Gasteiger partial charge in [-0.05, 0) is 64.2 Å². The summed E-state index contributed by atoms with van der Waals surface area (Å²) in [6.07, 6.45) is 5.25. The predicted octanol–water partition coefficient (Wildman–Crippen LogP) is 2.70. The molecule has 3 rings (SSSR count). The van der Waals surface area contributed by atoms with Gasteiger partial charge >= 0.3 is 6.09 Å². The van der Waals surface area contributed by atoms with Crippen molar-refractivity contribution in [3.8, 4) is 0 Å². The van der Waals surface area contributed by atoms with Crippen LogP contribution in [0.15, 0.2) is 18.3 Å². The van der Waals surface area contributed by atoms with Crippen molar-refractivity contribution >= 4 is 17.8 Å². The van der Waals surface area contributed by atoms with E-state index < -0.39 is 17.7 Å². The second-order valence-electron chi connectivity index (χ2n) is 8.27. The maximum absolute atomic E-state index is 12.7. The predicted molar refractivity (Wildman–Crippen MR) is 103 cm³/mol. The number of likely N-dealkylation sites (tertiary alicyclic amines) is 1. The minimum Gasteiger partial charge on any atom is -0.444 e. The summed E-state index contributed by atoms with van der Waals surface area (Å²) in [6.45, 7) is 8.56. The Morgan fingerprint density at radius 3 is 2.67 bits per heavy atom. The Morgan fingerprint density at radius 2 is 1.96 bits per heavy atom. The van der Waals surface area contributed by atoms with E-state index in [4.69, 9.17) is 4.74 Å². The molecule has 7 heteroatoms. The SMILES string of the molecule is CC(C)(C)OC(=O)N1CCCC1C(=O)NCc1ccnc(N2CCCC2)c1. The van der Waals surface area contributed by atoms with Gasteiger partial charge in [0.25, 0.3) is 0 Å². The van der Waals surface area contributed by atoms with Crippen LogP contribution in [0.25, 0.3) is 0 Å². The monoisotopic (exact) mass is 374 g/mol. The zero-order valence-electron chi connectivity index (χ0n) is 16.5. The molecule has 1 N–H and O–H groups in total. The van der Waals surface area contributed by atoms with E-state index in [2.05, 4.69) is 15.2 Å². The van der Waals surface area contributed by atoms with Gasteiger partial charge in [-0.25, -0.2) is 9.78 Å². The molecule has 0 aromatic carbocycles. The smallest absolute Gasteiger partial charge is 0.410 e. The quantitative estimate of drug-likeness (QED) is 0.877. The Morgan fingerprint density at radius 1 is 1.22 bits per heavy atom. The number of hydrogen-bond acceptors (Lipinski definition) is 5. The van der Waals surface area contributed by atoms with Gasteiger partial charge in [0, 0.05) is 32.4 Å². The highest BCUT2D eigenvalue weighted by atomic mass is 16.6. The van der Waals surface area contributed by atoms with Crippen LogP contribution in [0.1, 0.15) is 52.0 Å². The lowest BCUT2D eigenvalue weighted by Gasteiger charge is -2.28. The lowest BCUT2D eigenvalue weighted by Crippen LogP contribution is -2.47. The number of carbonyl (C=O) groups is 2. The molecule has 1 aromatic rings. The molecular formula is C20H30N4O3. The summed E-state index contributed by atoms with van der Waals surface area (Å²) in [5.41, 5.74) is 0.450. The third-order valence-electron chi connectivity index (χ3n) is 4.89. The number of amides is 2. The zero-order chi connectivity index (χ0) is 19.4. The largest absolute Gasteiger partial charge is 0.444 e. The standard InChI is InChI=1S/C20H30N4O3/c1-20(2,3)27-19(26)24-12-6-7-16(24)18(25)22-14-15-8-9-21-17(13-15)23-10-4-5-11-23/h8-9,13,16H,4-7,10-12,14H2,1-3H3,(H,22,25). The lowest BCUT2D eigenvalue weighted by atomic mass is 10.2. The minimum atomic E-state index is -0.566. The molecule has 2 aliphatic heterocycles. The Kier molecular flexibility index (Phi) is 5.87. The second kappa shape index (κ2) is 8.15. The van der Waals surface area contributed by atoms with Crippen LogP contribution in [0, 0.1) is 0 Å². The maximum atomic E-state index is 12.7. The van der Waals surface area contributed by atoms with Crippen LogP contribution < -0.4 is 10.2 Å². The molecule has 0 bridgehead atoms. The Hall–Kier alpha value is -2.31. The van der Waals surface area contributed by atoms with E-state index in [1.807, 2.05) is 32.9 Å². The van der Waals surface area contributed by atoms with Crippen LogP contribution in [0.5, 0.6) is 0 Å². The van der Waals surface area contributed by atoms with Crippen molar-refractivity contribution in [2.75, 3.05) is 24.5 Å². The fraction of sp³-hybridized carbons (Fsp3) is 0.650. The molecule has 1 aromatic heterocycles. The normalized spacial score (nSPS) is 20.0. The first-order chi connectivity index (χ1) is 12.8. The average molecular weight is 374 g/mol. The van der Waals surface area contributed by atoms with Crippen LogP contribution in [0.3, 0.4) is 0 Å². The number of nitrogens with one attached hydrogen (secondary N) is 1. The molecule has 148 valence electrons. The van der Waals surface area contributed by atoms with E-state index >= 15 is 0 Å². The molecule has 27 heavy (non-hydrogen) atoms. The van der Waals surface area contributed by atoms with Crippen LogP contribution in [-0.2, 0) is 16.1 Å². The average Bonchev–Trinajstić information content (AvgIpc) is 3.29. The summed E-state index contributed by atoms with van der Waals surface area (Å²) < 4.78 is 5.43. The number of anilines is 1. The minimum absolute atomic E-state index is 0.127. The summed E-state index contributed by atoms with van der Waals surface area (Å²) in [4.78, 5) is 33.3. The third-order valence-corrected chi connectivity index (χ3v) is 4.89. The van der Waals surface area contributed by atoms with Crippen molar-refractivity contribution in [1.29, 1.82) is 0 Å². The van der Waals surface area contributed by atoms with E-state index in [0.29, 0.717) is 19.5 Å². The molecule has 1 atom stereocenters.